The van der Waals surface area contributed by atoms with Gasteiger partial charge in [-0.15, -0.1) is 0 Å². The third-order valence-corrected chi connectivity index (χ3v) is 6.10. The van der Waals surface area contributed by atoms with Crippen molar-refractivity contribution in [1.82, 2.24) is 5.32 Å². The Bertz CT molecular complexity index is 760. The second-order valence-corrected chi connectivity index (χ2v) is 8.45. The van der Waals surface area contributed by atoms with E-state index >= 15 is 0 Å². The standard InChI is InChI=1S/C25H35NO4/c1-25(12-10-21(27-2)11-13-25)18-26-16-20-14-22(28-3)24(23(15-20)29-4)30-17-19-8-6-5-7-9-19/h5-9,14-15,21,26H,10-13,16-18H2,1-4H3. The molecule has 0 aliphatic heterocycles. The van der Waals surface area contributed by atoms with Gasteiger partial charge < -0.3 is 24.3 Å². The Balaban J connectivity index is 1.61. The van der Waals surface area contributed by atoms with Crippen LogP contribution in [0.15, 0.2) is 42.5 Å². The topological polar surface area (TPSA) is 49.0 Å². The van der Waals surface area contributed by atoms with E-state index in [1.165, 1.54) is 12.8 Å². The van der Waals surface area contributed by atoms with E-state index in [2.05, 4.69) is 12.2 Å². The van der Waals surface area contributed by atoms with Gasteiger partial charge in [-0.25, -0.2) is 0 Å². The Kier molecular flexibility index (Phi) is 8.00. The van der Waals surface area contributed by atoms with Crippen molar-refractivity contribution in [3.05, 3.63) is 53.6 Å². The molecule has 1 fully saturated rings. The van der Waals surface area contributed by atoms with Gasteiger partial charge in [-0.3, -0.25) is 0 Å². The molecule has 1 aliphatic carbocycles. The first-order valence-electron chi connectivity index (χ1n) is 10.7. The van der Waals surface area contributed by atoms with E-state index < -0.39 is 0 Å². The third kappa shape index (κ3) is 5.89. The largest absolute Gasteiger partial charge is 0.493 e. The molecular formula is C25H35NO4. The first-order chi connectivity index (χ1) is 14.6. The molecule has 0 aromatic heterocycles. The molecule has 0 unspecified atom stereocenters. The summed E-state index contributed by atoms with van der Waals surface area (Å²) in [6.07, 6.45) is 5.09. The van der Waals surface area contributed by atoms with Crippen LogP contribution in [0.4, 0.5) is 0 Å². The molecule has 0 heterocycles. The van der Waals surface area contributed by atoms with E-state index in [1.54, 1.807) is 14.2 Å². The maximum Gasteiger partial charge on any atom is 0.203 e. The van der Waals surface area contributed by atoms with Gasteiger partial charge in [0.05, 0.1) is 20.3 Å². The fraction of sp³-hybridized carbons (Fsp3) is 0.520. The minimum Gasteiger partial charge on any atom is -0.493 e. The van der Waals surface area contributed by atoms with Crippen molar-refractivity contribution in [2.75, 3.05) is 27.9 Å². The number of hydrogen-bond acceptors (Lipinski definition) is 5. The number of methoxy groups -OCH3 is 3. The third-order valence-electron chi connectivity index (χ3n) is 6.10. The molecule has 0 spiro atoms. The van der Waals surface area contributed by atoms with Crippen molar-refractivity contribution >= 4 is 0 Å². The molecule has 1 aliphatic rings. The summed E-state index contributed by atoms with van der Waals surface area (Å²) in [5, 5.41) is 3.63. The van der Waals surface area contributed by atoms with E-state index in [0.29, 0.717) is 35.4 Å². The molecule has 30 heavy (non-hydrogen) atoms. The summed E-state index contributed by atoms with van der Waals surface area (Å²) in [7, 11) is 5.15. The van der Waals surface area contributed by atoms with Crippen LogP contribution in [-0.2, 0) is 17.9 Å². The van der Waals surface area contributed by atoms with Gasteiger partial charge in [-0.1, -0.05) is 37.3 Å². The highest BCUT2D eigenvalue weighted by atomic mass is 16.5. The second-order valence-electron chi connectivity index (χ2n) is 8.45. The monoisotopic (exact) mass is 413 g/mol. The van der Waals surface area contributed by atoms with Crippen molar-refractivity contribution in [2.24, 2.45) is 5.41 Å². The van der Waals surface area contributed by atoms with Crippen molar-refractivity contribution in [3.63, 3.8) is 0 Å². The average Bonchev–Trinajstić information content (AvgIpc) is 2.78. The molecular weight excluding hydrogens is 378 g/mol. The highest BCUT2D eigenvalue weighted by Gasteiger charge is 2.30. The van der Waals surface area contributed by atoms with Crippen LogP contribution in [0.25, 0.3) is 0 Å². The van der Waals surface area contributed by atoms with Gasteiger partial charge in [-0.2, -0.15) is 0 Å². The van der Waals surface area contributed by atoms with Gasteiger partial charge in [0.15, 0.2) is 11.5 Å². The Morgan fingerprint density at radius 1 is 0.933 bits per heavy atom. The summed E-state index contributed by atoms with van der Waals surface area (Å²) in [5.41, 5.74) is 2.54. The molecule has 5 heteroatoms. The summed E-state index contributed by atoms with van der Waals surface area (Å²) in [4.78, 5) is 0. The molecule has 3 rings (SSSR count). The van der Waals surface area contributed by atoms with Gasteiger partial charge in [0.2, 0.25) is 5.75 Å². The van der Waals surface area contributed by atoms with Crippen molar-refractivity contribution in [1.29, 1.82) is 0 Å². The fourth-order valence-corrected chi connectivity index (χ4v) is 4.12. The maximum absolute atomic E-state index is 6.05. The van der Waals surface area contributed by atoms with Crippen LogP contribution in [0.2, 0.25) is 0 Å². The first-order valence-corrected chi connectivity index (χ1v) is 10.7. The minimum absolute atomic E-state index is 0.321. The summed E-state index contributed by atoms with van der Waals surface area (Å²) in [5.74, 6) is 2.01. The quantitative estimate of drug-likeness (QED) is 0.596. The Hall–Kier alpha value is -2.24. The Morgan fingerprint density at radius 2 is 1.57 bits per heavy atom. The van der Waals surface area contributed by atoms with Crippen LogP contribution in [0, 0.1) is 5.41 Å². The number of benzene rings is 2. The molecule has 0 radical (unpaired) electrons. The predicted octanol–water partition coefficient (Wildman–Crippen LogP) is 4.97. The van der Waals surface area contributed by atoms with Crippen LogP contribution < -0.4 is 19.5 Å². The lowest BCUT2D eigenvalue weighted by molar-refractivity contribution is 0.0324. The first kappa shape index (κ1) is 22.4. The highest BCUT2D eigenvalue weighted by Crippen LogP contribution is 2.39. The zero-order chi connectivity index (χ0) is 21.4. The predicted molar refractivity (Wildman–Crippen MR) is 119 cm³/mol. The second kappa shape index (κ2) is 10.7. The fourth-order valence-electron chi connectivity index (χ4n) is 4.12. The van der Waals surface area contributed by atoms with E-state index in [9.17, 15) is 0 Å². The molecule has 0 saturated heterocycles. The smallest absolute Gasteiger partial charge is 0.203 e. The number of ether oxygens (including phenoxy) is 4. The molecule has 164 valence electrons. The molecule has 2 aromatic rings. The van der Waals surface area contributed by atoms with Crippen LogP contribution in [0.3, 0.4) is 0 Å². The van der Waals surface area contributed by atoms with Crippen molar-refractivity contribution < 1.29 is 18.9 Å². The van der Waals surface area contributed by atoms with E-state index in [0.717, 1.165) is 37.1 Å². The van der Waals surface area contributed by atoms with Gasteiger partial charge in [-0.05, 0) is 54.4 Å². The van der Waals surface area contributed by atoms with Crippen LogP contribution in [0.1, 0.15) is 43.7 Å². The van der Waals surface area contributed by atoms with Crippen LogP contribution in [0.5, 0.6) is 17.2 Å². The number of rotatable bonds is 10. The molecule has 1 saturated carbocycles. The summed E-state index contributed by atoms with van der Waals surface area (Å²) in [6.45, 7) is 4.58. The summed E-state index contributed by atoms with van der Waals surface area (Å²) in [6, 6.07) is 14.1. The van der Waals surface area contributed by atoms with Gasteiger partial charge in [0.25, 0.3) is 0 Å². The number of hydrogen-bond donors (Lipinski definition) is 1. The molecule has 1 N–H and O–H groups in total. The van der Waals surface area contributed by atoms with Gasteiger partial charge in [0.1, 0.15) is 6.61 Å². The minimum atomic E-state index is 0.321. The molecule has 0 atom stereocenters. The zero-order valence-electron chi connectivity index (χ0n) is 18.7. The lowest BCUT2D eigenvalue weighted by Gasteiger charge is -2.37. The summed E-state index contributed by atoms with van der Waals surface area (Å²) < 4.78 is 22.8. The van der Waals surface area contributed by atoms with Crippen LogP contribution >= 0.6 is 0 Å². The Labute approximate surface area is 180 Å². The molecule has 0 amide bonds. The zero-order valence-corrected chi connectivity index (χ0v) is 18.7. The van der Waals surface area contributed by atoms with Crippen molar-refractivity contribution in [2.45, 2.75) is 51.9 Å². The molecule has 0 bridgehead atoms. The van der Waals surface area contributed by atoms with Crippen molar-refractivity contribution in [3.8, 4) is 17.2 Å². The SMILES string of the molecule is COc1cc(CNCC2(C)CCC(OC)CC2)cc(OC)c1OCc1ccccc1. The van der Waals surface area contributed by atoms with E-state index in [4.69, 9.17) is 18.9 Å². The number of nitrogens with one attached hydrogen (secondary N) is 1. The lowest BCUT2D eigenvalue weighted by atomic mass is 9.74. The molecule has 2 aromatic carbocycles. The maximum atomic E-state index is 6.05. The summed E-state index contributed by atoms with van der Waals surface area (Å²) >= 11 is 0. The molecule has 5 nitrogen and oxygen atoms in total. The normalized spacial score (nSPS) is 21.3. The lowest BCUT2D eigenvalue weighted by Crippen LogP contribution is -2.36. The van der Waals surface area contributed by atoms with Gasteiger partial charge in [0, 0.05) is 20.2 Å². The van der Waals surface area contributed by atoms with E-state index in [1.807, 2.05) is 49.6 Å². The average molecular weight is 414 g/mol. The highest BCUT2D eigenvalue weighted by molar-refractivity contribution is 5.54. The van der Waals surface area contributed by atoms with Gasteiger partial charge >= 0.3 is 0 Å². The van der Waals surface area contributed by atoms with E-state index in [-0.39, 0.29) is 0 Å². The Morgan fingerprint density at radius 3 is 2.13 bits per heavy atom. The van der Waals surface area contributed by atoms with Crippen LogP contribution in [-0.4, -0.2) is 34.0 Å².